The number of Topliss-reactive ketones (excluding diaryl/α,β-unsaturated/α-hetero) is 1. The maximum atomic E-state index is 12.9. The van der Waals surface area contributed by atoms with E-state index in [4.69, 9.17) is 11.6 Å². The number of carbonyl (C=O) groups is 1. The minimum Gasteiger partial charge on any atom is -0.308 e. The van der Waals surface area contributed by atoms with Crippen molar-refractivity contribution >= 4 is 17.4 Å². The van der Waals surface area contributed by atoms with Gasteiger partial charge in [0.25, 0.3) is 0 Å². The van der Waals surface area contributed by atoms with E-state index in [1.807, 2.05) is 28.2 Å². The van der Waals surface area contributed by atoms with Crippen LogP contribution in [-0.2, 0) is 6.54 Å². The number of ketones is 1. The average Bonchev–Trinajstić information content (AvgIpc) is 2.79. The second-order valence-corrected chi connectivity index (χ2v) is 6.40. The number of carbonyl (C=O) groups excluding carboxylic acids is 1. The zero-order valence-corrected chi connectivity index (χ0v) is 14.0. The first-order valence-corrected chi connectivity index (χ1v) is 7.57. The summed E-state index contributed by atoms with van der Waals surface area (Å²) < 4.78 is 1.73. The summed E-state index contributed by atoms with van der Waals surface area (Å²) in [4.78, 5) is 19.2. The Morgan fingerprint density at radius 2 is 2.14 bits per heavy atom. The quantitative estimate of drug-likeness (QED) is 0.742. The molecule has 0 radical (unpaired) electrons. The van der Waals surface area contributed by atoms with Gasteiger partial charge in [-0.1, -0.05) is 11.6 Å². The van der Waals surface area contributed by atoms with Crippen molar-refractivity contribution in [3.05, 3.63) is 16.9 Å². The number of rotatable bonds is 5. The van der Waals surface area contributed by atoms with Crippen LogP contribution in [0.4, 0.5) is 0 Å². The van der Waals surface area contributed by atoms with Crippen molar-refractivity contribution in [2.45, 2.75) is 12.6 Å². The van der Waals surface area contributed by atoms with Gasteiger partial charge < -0.3 is 9.80 Å². The van der Waals surface area contributed by atoms with Crippen LogP contribution < -0.4 is 0 Å². The van der Waals surface area contributed by atoms with Gasteiger partial charge in [-0.2, -0.15) is 5.10 Å². The van der Waals surface area contributed by atoms with E-state index in [2.05, 4.69) is 19.8 Å². The zero-order chi connectivity index (χ0) is 15.6. The van der Waals surface area contributed by atoms with Crippen LogP contribution in [0.15, 0.2) is 6.20 Å². The number of nitrogens with zero attached hydrogens (tertiary/aromatic N) is 5. The van der Waals surface area contributed by atoms with E-state index in [0.717, 1.165) is 26.2 Å². The van der Waals surface area contributed by atoms with Crippen molar-refractivity contribution in [3.8, 4) is 0 Å². The molecule has 0 spiro atoms. The Hall–Kier alpha value is -0.950. The molecule has 1 aromatic heterocycles. The smallest absolute Gasteiger partial charge is 0.200 e. The highest BCUT2D eigenvalue weighted by Gasteiger charge is 2.32. The van der Waals surface area contributed by atoms with Crippen molar-refractivity contribution in [2.75, 3.05) is 54.4 Å². The first-order valence-electron chi connectivity index (χ1n) is 7.19. The minimum absolute atomic E-state index is 0.0605. The van der Waals surface area contributed by atoms with E-state index in [1.54, 1.807) is 10.9 Å². The molecular weight excluding hydrogens is 290 g/mol. The summed E-state index contributed by atoms with van der Waals surface area (Å²) in [6.45, 7) is 4.07. The number of likely N-dealkylation sites (N-methyl/N-ethyl adjacent to an activating group) is 3. The fraction of sp³-hybridized carbons (Fsp3) is 0.714. The molecule has 1 fully saturated rings. The van der Waals surface area contributed by atoms with Crippen molar-refractivity contribution in [3.63, 3.8) is 0 Å². The molecule has 1 atom stereocenters. The van der Waals surface area contributed by atoms with Gasteiger partial charge in [-0.15, -0.1) is 0 Å². The molecule has 1 aromatic rings. The highest BCUT2D eigenvalue weighted by atomic mass is 35.5. The molecule has 0 amide bonds. The molecule has 0 aliphatic carbocycles. The number of hydrogen-bond donors (Lipinski definition) is 0. The number of halogens is 1. The first kappa shape index (κ1) is 16.4. The van der Waals surface area contributed by atoms with Gasteiger partial charge in [-0.3, -0.25) is 14.4 Å². The van der Waals surface area contributed by atoms with Gasteiger partial charge in [0.15, 0.2) is 0 Å². The van der Waals surface area contributed by atoms with Crippen LogP contribution in [0.1, 0.15) is 10.5 Å². The van der Waals surface area contributed by atoms with Gasteiger partial charge in [0, 0.05) is 26.2 Å². The maximum absolute atomic E-state index is 12.9. The van der Waals surface area contributed by atoms with Crippen LogP contribution in [0.3, 0.4) is 0 Å². The fourth-order valence-corrected chi connectivity index (χ4v) is 2.76. The van der Waals surface area contributed by atoms with Crippen LogP contribution in [-0.4, -0.2) is 90.7 Å². The second-order valence-electron chi connectivity index (χ2n) is 5.99. The van der Waals surface area contributed by atoms with Gasteiger partial charge in [0.2, 0.25) is 5.78 Å². The molecule has 1 aliphatic rings. The molecular formula is C14H24ClN5O. The molecule has 0 saturated carbocycles. The normalized spacial score (nSPS) is 21.1. The Morgan fingerprint density at radius 1 is 1.43 bits per heavy atom. The molecule has 21 heavy (non-hydrogen) atoms. The lowest BCUT2D eigenvalue weighted by Gasteiger charge is -2.36. The van der Waals surface area contributed by atoms with Crippen LogP contribution in [0.2, 0.25) is 5.02 Å². The lowest BCUT2D eigenvalue weighted by molar-refractivity contribution is 0.0675. The highest BCUT2D eigenvalue weighted by molar-refractivity contribution is 6.33. The number of hydrogen-bond acceptors (Lipinski definition) is 5. The molecule has 0 N–H and O–H groups in total. The summed E-state index contributed by atoms with van der Waals surface area (Å²) in [5.74, 6) is 0.0605. The molecule has 2 rings (SSSR count). The van der Waals surface area contributed by atoms with Crippen LogP contribution in [0, 0.1) is 0 Å². The van der Waals surface area contributed by atoms with Gasteiger partial charge in [-0.25, -0.2) is 0 Å². The van der Waals surface area contributed by atoms with Gasteiger partial charge in [0.05, 0.1) is 23.8 Å². The maximum Gasteiger partial charge on any atom is 0.200 e. The third kappa shape index (κ3) is 3.83. The Kier molecular flexibility index (Phi) is 5.37. The van der Waals surface area contributed by atoms with E-state index in [1.165, 1.54) is 0 Å². The first-order chi connectivity index (χ1) is 9.90. The predicted octanol–water partition coefficient (Wildman–Crippen LogP) is 0.527. The van der Waals surface area contributed by atoms with Gasteiger partial charge >= 0.3 is 0 Å². The SMILES string of the molecule is CN(C)CCn1ncc(Cl)c1C(=O)C1CN(C)CCN1C. The summed E-state index contributed by atoms with van der Waals surface area (Å²) in [6.07, 6.45) is 1.57. The largest absolute Gasteiger partial charge is 0.308 e. The molecule has 6 nitrogen and oxygen atoms in total. The molecule has 1 aliphatic heterocycles. The van der Waals surface area contributed by atoms with Crippen LogP contribution in [0.5, 0.6) is 0 Å². The van der Waals surface area contributed by atoms with Crippen molar-refractivity contribution < 1.29 is 4.79 Å². The predicted molar refractivity (Wildman–Crippen MR) is 84.0 cm³/mol. The molecule has 1 unspecified atom stereocenters. The standard InChI is InChI=1S/C14H24ClN5O/c1-17(2)5-8-20-13(11(15)9-16-20)14(21)12-10-18(3)6-7-19(12)4/h9,12H,5-8,10H2,1-4H3. The topological polar surface area (TPSA) is 44.6 Å². The molecule has 7 heteroatoms. The Balaban J connectivity index is 2.19. The lowest BCUT2D eigenvalue weighted by Crippen LogP contribution is -2.53. The number of piperazine rings is 1. The minimum atomic E-state index is -0.156. The summed E-state index contributed by atoms with van der Waals surface area (Å²) in [7, 11) is 8.02. The summed E-state index contributed by atoms with van der Waals surface area (Å²) in [6, 6.07) is -0.156. The molecule has 0 aromatic carbocycles. The fourth-order valence-electron chi connectivity index (χ4n) is 2.52. The van der Waals surface area contributed by atoms with E-state index < -0.39 is 0 Å². The summed E-state index contributed by atoms with van der Waals surface area (Å²) >= 11 is 6.21. The van der Waals surface area contributed by atoms with Gasteiger partial charge in [0.1, 0.15) is 5.69 Å². The molecule has 118 valence electrons. The molecule has 0 bridgehead atoms. The lowest BCUT2D eigenvalue weighted by atomic mass is 10.1. The van der Waals surface area contributed by atoms with E-state index in [0.29, 0.717) is 17.3 Å². The second kappa shape index (κ2) is 6.87. The third-order valence-electron chi connectivity index (χ3n) is 3.94. The zero-order valence-electron chi connectivity index (χ0n) is 13.2. The summed E-state index contributed by atoms with van der Waals surface area (Å²) in [5, 5.41) is 4.70. The van der Waals surface area contributed by atoms with Crippen molar-refractivity contribution in [1.82, 2.24) is 24.5 Å². The van der Waals surface area contributed by atoms with E-state index in [-0.39, 0.29) is 11.8 Å². The van der Waals surface area contributed by atoms with Crippen LogP contribution in [0.25, 0.3) is 0 Å². The Morgan fingerprint density at radius 3 is 2.81 bits per heavy atom. The van der Waals surface area contributed by atoms with E-state index >= 15 is 0 Å². The van der Waals surface area contributed by atoms with Crippen LogP contribution >= 0.6 is 11.6 Å². The number of aromatic nitrogens is 2. The van der Waals surface area contributed by atoms with Crippen molar-refractivity contribution in [2.24, 2.45) is 0 Å². The Labute approximate surface area is 131 Å². The van der Waals surface area contributed by atoms with Crippen molar-refractivity contribution in [1.29, 1.82) is 0 Å². The monoisotopic (exact) mass is 313 g/mol. The van der Waals surface area contributed by atoms with E-state index in [9.17, 15) is 4.79 Å². The molecule has 1 saturated heterocycles. The molecule has 2 heterocycles. The third-order valence-corrected chi connectivity index (χ3v) is 4.22. The Bertz CT molecular complexity index is 502. The highest BCUT2D eigenvalue weighted by Crippen LogP contribution is 2.20. The summed E-state index contributed by atoms with van der Waals surface area (Å²) in [5.41, 5.74) is 0.533. The average molecular weight is 314 g/mol. The van der Waals surface area contributed by atoms with Gasteiger partial charge in [-0.05, 0) is 28.2 Å².